The molecule has 2 aromatic carbocycles. The van der Waals surface area contributed by atoms with Gasteiger partial charge in [0, 0.05) is 12.6 Å². The Hall–Kier alpha value is -2.33. The Balaban J connectivity index is 2.27. The van der Waals surface area contributed by atoms with Crippen molar-refractivity contribution in [1.82, 2.24) is 5.32 Å². The number of carbonyl (C=O) groups is 1. The van der Waals surface area contributed by atoms with E-state index in [4.69, 9.17) is 5.11 Å². The minimum absolute atomic E-state index is 0.0537. The Labute approximate surface area is 125 Å². The van der Waals surface area contributed by atoms with Gasteiger partial charge in [-0.3, -0.25) is 4.90 Å². The number of aliphatic hydroxyl groups is 1. The molecule has 4 nitrogen and oxygen atoms in total. The van der Waals surface area contributed by atoms with Gasteiger partial charge in [0.1, 0.15) is 0 Å². The van der Waals surface area contributed by atoms with Crippen molar-refractivity contribution in [3.8, 4) is 0 Å². The molecule has 1 atom stereocenters. The van der Waals surface area contributed by atoms with Crippen LogP contribution >= 0.6 is 0 Å². The molecule has 2 amide bonds. The van der Waals surface area contributed by atoms with Crippen molar-refractivity contribution in [3.63, 3.8) is 0 Å². The lowest BCUT2D eigenvalue weighted by Crippen LogP contribution is -2.42. The molecule has 0 unspecified atom stereocenters. The highest BCUT2D eigenvalue weighted by atomic mass is 16.3. The molecule has 2 rings (SSSR count). The summed E-state index contributed by atoms with van der Waals surface area (Å²) in [6, 6.07) is 18.7. The fourth-order valence-corrected chi connectivity index (χ4v) is 2.08. The molecule has 2 N–H and O–H groups in total. The molecular formula is C17H20N2O2. The SMILES string of the molecule is C[C@@H](CCO)NC(=O)N(c1ccccc1)c1ccccc1. The fraction of sp³-hybridized carbons (Fsp3) is 0.235. The molecule has 0 aliphatic heterocycles. The second-order valence-corrected chi connectivity index (χ2v) is 4.87. The van der Waals surface area contributed by atoms with Crippen LogP contribution in [0.25, 0.3) is 0 Å². The molecule has 0 bridgehead atoms. The van der Waals surface area contributed by atoms with Crippen molar-refractivity contribution in [2.75, 3.05) is 11.5 Å². The molecule has 0 saturated heterocycles. The molecule has 0 aromatic heterocycles. The minimum Gasteiger partial charge on any atom is -0.396 e. The lowest BCUT2D eigenvalue weighted by Gasteiger charge is -2.25. The molecular weight excluding hydrogens is 264 g/mol. The van der Waals surface area contributed by atoms with Gasteiger partial charge in [-0.2, -0.15) is 0 Å². The molecule has 0 fully saturated rings. The van der Waals surface area contributed by atoms with Crippen molar-refractivity contribution in [2.24, 2.45) is 0 Å². The van der Waals surface area contributed by atoms with Crippen molar-refractivity contribution >= 4 is 17.4 Å². The third-order valence-corrected chi connectivity index (χ3v) is 3.16. The van der Waals surface area contributed by atoms with Gasteiger partial charge in [0.2, 0.25) is 0 Å². The van der Waals surface area contributed by atoms with Crippen LogP contribution in [0.3, 0.4) is 0 Å². The number of rotatable bonds is 5. The number of urea groups is 1. The first-order chi connectivity index (χ1) is 10.2. The minimum atomic E-state index is -0.201. The van der Waals surface area contributed by atoms with Crippen LogP contribution < -0.4 is 10.2 Å². The van der Waals surface area contributed by atoms with E-state index in [9.17, 15) is 4.79 Å². The summed E-state index contributed by atoms with van der Waals surface area (Å²) in [7, 11) is 0. The van der Waals surface area contributed by atoms with E-state index in [0.717, 1.165) is 11.4 Å². The first-order valence-corrected chi connectivity index (χ1v) is 7.04. The number of benzene rings is 2. The van der Waals surface area contributed by atoms with E-state index in [1.165, 1.54) is 0 Å². The molecule has 0 aliphatic rings. The first-order valence-electron chi connectivity index (χ1n) is 7.04. The van der Waals surface area contributed by atoms with Gasteiger partial charge in [-0.15, -0.1) is 0 Å². The van der Waals surface area contributed by atoms with Gasteiger partial charge in [0.05, 0.1) is 11.4 Å². The number of hydrogen-bond acceptors (Lipinski definition) is 2. The molecule has 0 radical (unpaired) electrons. The maximum Gasteiger partial charge on any atom is 0.326 e. The molecule has 0 aliphatic carbocycles. The van der Waals surface area contributed by atoms with E-state index in [-0.39, 0.29) is 18.7 Å². The smallest absolute Gasteiger partial charge is 0.326 e. The van der Waals surface area contributed by atoms with Crippen LogP contribution in [0.1, 0.15) is 13.3 Å². The van der Waals surface area contributed by atoms with E-state index in [1.54, 1.807) is 4.90 Å². The summed E-state index contributed by atoms with van der Waals surface area (Å²) < 4.78 is 0. The van der Waals surface area contributed by atoms with Gasteiger partial charge >= 0.3 is 6.03 Å². The Bertz CT molecular complexity index is 518. The summed E-state index contributed by atoms with van der Waals surface area (Å²) >= 11 is 0. The van der Waals surface area contributed by atoms with Gasteiger partial charge in [0.25, 0.3) is 0 Å². The standard InChI is InChI=1S/C17H20N2O2/c1-14(12-13-20)18-17(21)19(15-8-4-2-5-9-15)16-10-6-3-7-11-16/h2-11,14,20H,12-13H2,1H3,(H,18,21)/t14-/m0/s1. The zero-order valence-electron chi connectivity index (χ0n) is 12.1. The molecule has 0 heterocycles. The third-order valence-electron chi connectivity index (χ3n) is 3.16. The number of nitrogens with zero attached hydrogens (tertiary/aromatic N) is 1. The molecule has 2 aromatic rings. The first kappa shape index (κ1) is 15.1. The summed E-state index contributed by atoms with van der Waals surface area (Å²) in [4.78, 5) is 14.2. The summed E-state index contributed by atoms with van der Waals surface area (Å²) in [6.07, 6.45) is 0.531. The number of hydrogen-bond donors (Lipinski definition) is 2. The van der Waals surface area contributed by atoms with E-state index in [2.05, 4.69) is 5.32 Å². The lowest BCUT2D eigenvalue weighted by molar-refractivity contribution is 0.238. The van der Waals surface area contributed by atoms with Crippen molar-refractivity contribution in [2.45, 2.75) is 19.4 Å². The van der Waals surface area contributed by atoms with E-state index >= 15 is 0 Å². The lowest BCUT2D eigenvalue weighted by atomic mass is 10.2. The normalized spacial score (nSPS) is 11.7. The zero-order valence-corrected chi connectivity index (χ0v) is 12.1. The Morgan fingerprint density at radius 3 is 1.95 bits per heavy atom. The second kappa shape index (κ2) is 7.45. The van der Waals surface area contributed by atoms with Crippen LogP contribution in [0.2, 0.25) is 0 Å². The number of nitrogens with one attached hydrogen (secondary N) is 1. The van der Waals surface area contributed by atoms with Crippen LogP contribution in [0.4, 0.5) is 16.2 Å². The molecule has 110 valence electrons. The average Bonchev–Trinajstić information content (AvgIpc) is 2.50. The van der Waals surface area contributed by atoms with Crippen LogP contribution in [-0.2, 0) is 0 Å². The number of amides is 2. The third kappa shape index (κ3) is 4.07. The Morgan fingerprint density at radius 2 is 1.52 bits per heavy atom. The largest absolute Gasteiger partial charge is 0.396 e. The molecule has 0 saturated carbocycles. The van der Waals surface area contributed by atoms with Crippen molar-refractivity contribution in [3.05, 3.63) is 60.7 Å². The van der Waals surface area contributed by atoms with Crippen LogP contribution in [-0.4, -0.2) is 23.8 Å². The van der Waals surface area contributed by atoms with Crippen LogP contribution in [0.15, 0.2) is 60.7 Å². The predicted molar refractivity (Wildman–Crippen MR) is 84.7 cm³/mol. The topological polar surface area (TPSA) is 52.6 Å². The van der Waals surface area contributed by atoms with Crippen molar-refractivity contribution in [1.29, 1.82) is 0 Å². The van der Waals surface area contributed by atoms with Gasteiger partial charge in [-0.25, -0.2) is 4.79 Å². The average molecular weight is 284 g/mol. The van der Waals surface area contributed by atoms with Crippen LogP contribution in [0, 0.1) is 0 Å². The second-order valence-electron chi connectivity index (χ2n) is 4.87. The molecule has 21 heavy (non-hydrogen) atoms. The van der Waals surface area contributed by atoms with Gasteiger partial charge < -0.3 is 10.4 Å². The number of aliphatic hydroxyl groups excluding tert-OH is 1. The molecule has 0 spiro atoms. The van der Waals surface area contributed by atoms with Gasteiger partial charge in [0.15, 0.2) is 0 Å². The summed E-state index contributed by atoms with van der Waals surface area (Å²) in [5.41, 5.74) is 1.61. The van der Waals surface area contributed by atoms with Gasteiger partial charge in [-0.05, 0) is 37.6 Å². The Kier molecular flexibility index (Phi) is 5.35. The molecule has 4 heteroatoms. The maximum atomic E-state index is 12.6. The summed E-state index contributed by atoms with van der Waals surface area (Å²) in [5, 5.41) is 11.9. The van der Waals surface area contributed by atoms with E-state index in [1.807, 2.05) is 67.6 Å². The fourth-order valence-electron chi connectivity index (χ4n) is 2.08. The summed E-state index contributed by atoms with van der Waals surface area (Å²) in [5.74, 6) is 0. The van der Waals surface area contributed by atoms with E-state index < -0.39 is 0 Å². The highest BCUT2D eigenvalue weighted by molar-refractivity contribution is 5.99. The number of carbonyl (C=O) groups excluding carboxylic acids is 1. The highest BCUT2D eigenvalue weighted by Crippen LogP contribution is 2.24. The van der Waals surface area contributed by atoms with E-state index in [0.29, 0.717) is 6.42 Å². The quantitative estimate of drug-likeness (QED) is 0.885. The number of para-hydroxylation sites is 2. The van der Waals surface area contributed by atoms with Gasteiger partial charge in [-0.1, -0.05) is 36.4 Å². The Morgan fingerprint density at radius 1 is 1.05 bits per heavy atom. The maximum absolute atomic E-state index is 12.6. The van der Waals surface area contributed by atoms with Crippen LogP contribution in [0.5, 0.6) is 0 Å². The monoisotopic (exact) mass is 284 g/mol. The summed E-state index contributed by atoms with van der Waals surface area (Å²) in [6.45, 7) is 1.93. The van der Waals surface area contributed by atoms with Crippen molar-refractivity contribution < 1.29 is 9.90 Å². The highest BCUT2D eigenvalue weighted by Gasteiger charge is 2.18. The zero-order chi connectivity index (χ0) is 15.1. The predicted octanol–water partition coefficient (Wildman–Crippen LogP) is 3.31. The number of anilines is 2.